The minimum atomic E-state index is -0.433. The van der Waals surface area contributed by atoms with Crippen LogP contribution in [-0.2, 0) is 4.74 Å². The molecule has 1 aromatic rings. The minimum Gasteiger partial charge on any atom is -0.476 e. The summed E-state index contributed by atoms with van der Waals surface area (Å²) in [6.07, 6.45) is 0. The van der Waals surface area contributed by atoms with Crippen molar-refractivity contribution in [2.24, 2.45) is 10.7 Å². The number of hydrogen-bond donors (Lipinski definition) is 1. The van der Waals surface area contributed by atoms with E-state index in [1.165, 1.54) is 6.07 Å². The van der Waals surface area contributed by atoms with Crippen molar-refractivity contribution in [3.05, 3.63) is 39.4 Å². The first-order valence-corrected chi connectivity index (χ1v) is 5.31. The Bertz CT molecular complexity index is 483. The van der Waals surface area contributed by atoms with Gasteiger partial charge in [-0.3, -0.25) is 10.1 Å². The molecule has 1 unspecified atom stereocenters. The van der Waals surface area contributed by atoms with E-state index in [-0.39, 0.29) is 11.7 Å². The number of nitro benzene ring substituents is 1. The highest BCUT2D eigenvalue weighted by Crippen LogP contribution is 2.25. The van der Waals surface area contributed by atoms with Gasteiger partial charge in [-0.05, 0) is 19.1 Å². The molecule has 0 saturated carbocycles. The van der Waals surface area contributed by atoms with Gasteiger partial charge in [-0.15, -0.1) is 0 Å². The van der Waals surface area contributed by atoms with Crippen molar-refractivity contribution in [3.8, 4) is 0 Å². The van der Waals surface area contributed by atoms with Gasteiger partial charge in [-0.2, -0.15) is 0 Å². The van der Waals surface area contributed by atoms with Crippen molar-refractivity contribution in [1.82, 2.24) is 0 Å². The first kappa shape index (κ1) is 11.5. The molecule has 0 radical (unpaired) electrons. The number of rotatable bonds is 3. The molecule has 1 aliphatic rings. The fourth-order valence-electron chi connectivity index (χ4n) is 1.73. The van der Waals surface area contributed by atoms with Crippen molar-refractivity contribution in [1.29, 1.82) is 0 Å². The number of hydrogen-bond acceptors (Lipinski definition) is 5. The second-order valence-electron chi connectivity index (χ2n) is 3.85. The van der Waals surface area contributed by atoms with Gasteiger partial charge in [0.05, 0.1) is 11.5 Å². The van der Waals surface area contributed by atoms with Gasteiger partial charge >= 0.3 is 0 Å². The number of nitro groups is 1. The monoisotopic (exact) mass is 235 g/mol. The molecule has 1 aliphatic heterocycles. The average Bonchev–Trinajstić information content (AvgIpc) is 2.81. The molecule has 0 amide bonds. The lowest BCUT2D eigenvalue weighted by atomic mass is 10.0. The molecule has 2 rings (SSSR count). The number of nitrogens with zero attached hydrogens (tertiary/aromatic N) is 2. The summed E-state index contributed by atoms with van der Waals surface area (Å²) in [6.45, 7) is 2.84. The zero-order valence-electron chi connectivity index (χ0n) is 9.42. The Morgan fingerprint density at radius 1 is 1.59 bits per heavy atom. The molecule has 6 nitrogen and oxygen atoms in total. The van der Waals surface area contributed by atoms with Gasteiger partial charge in [-0.25, -0.2) is 4.99 Å². The number of benzene rings is 1. The molecule has 1 atom stereocenters. The molecule has 6 heteroatoms. The number of ether oxygens (including phenoxy) is 1. The van der Waals surface area contributed by atoms with Crippen LogP contribution in [-0.4, -0.2) is 24.0 Å². The minimum absolute atomic E-state index is 0.00991. The summed E-state index contributed by atoms with van der Waals surface area (Å²) in [4.78, 5) is 14.7. The second kappa shape index (κ2) is 4.50. The standard InChI is InChI=1S/C11H13N3O3/c1-7(12)9-3-2-8(6-10(9)14(15)16)11-13-4-5-17-11/h2-3,6-7H,4-5,12H2,1H3. The predicted molar refractivity (Wildman–Crippen MR) is 63.1 cm³/mol. The topological polar surface area (TPSA) is 90.8 Å². The highest BCUT2D eigenvalue weighted by Gasteiger charge is 2.20. The Hall–Kier alpha value is -1.95. The second-order valence-corrected chi connectivity index (χ2v) is 3.85. The van der Waals surface area contributed by atoms with E-state index >= 15 is 0 Å². The number of aliphatic imine (C=N–C) groups is 1. The van der Waals surface area contributed by atoms with Crippen molar-refractivity contribution in [2.75, 3.05) is 13.2 Å². The molecule has 90 valence electrons. The molecule has 2 N–H and O–H groups in total. The first-order chi connectivity index (χ1) is 8.09. The Kier molecular flexibility index (Phi) is 3.06. The maximum absolute atomic E-state index is 11.0. The summed E-state index contributed by atoms with van der Waals surface area (Å²) >= 11 is 0. The van der Waals surface area contributed by atoms with E-state index in [1.54, 1.807) is 19.1 Å². The Labute approximate surface area is 98.3 Å². The van der Waals surface area contributed by atoms with Crippen LogP contribution in [0.2, 0.25) is 0 Å². The molecule has 17 heavy (non-hydrogen) atoms. The lowest BCUT2D eigenvalue weighted by molar-refractivity contribution is -0.385. The van der Waals surface area contributed by atoms with Gasteiger partial charge in [0.15, 0.2) is 0 Å². The van der Waals surface area contributed by atoms with Crippen LogP contribution in [0.5, 0.6) is 0 Å². The molecule has 0 fully saturated rings. The van der Waals surface area contributed by atoms with Crippen LogP contribution in [0.3, 0.4) is 0 Å². The average molecular weight is 235 g/mol. The lowest BCUT2D eigenvalue weighted by Crippen LogP contribution is -2.10. The molecular weight excluding hydrogens is 222 g/mol. The summed E-state index contributed by atoms with van der Waals surface area (Å²) in [5.74, 6) is 0.462. The van der Waals surface area contributed by atoms with Crippen LogP contribution in [0.15, 0.2) is 23.2 Å². The fraction of sp³-hybridized carbons (Fsp3) is 0.364. The molecule has 0 bridgehead atoms. The zero-order chi connectivity index (χ0) is 12.4. The molecule has 0 aliphatic carbocycles. The Morgan fingerprint density at radius 2 is 2.35 bits per heavy atom. The van der Waals surface area contributed by atoms with E-state index in [0.717, 1.165) is 0 Å². The van der Waals surface area contributed by atoms with Gasteiger partial charge in [0.1, 0.15) is 6.61 Å². The largest absolute Gasteiger partial charge is 0.476 e. The van der Waals surface area contributed by atoms with Gasteiger partial charge < -0.3 is 10.5 Å². The first-order valence-electron chi connectivity index (χ1n) is 5.31. The zero-order valence-corrected chi connectivity index (χ0v) is 9.42. The van der Waals surface area contributed by atoms with E-state index in [1.807, 2.05) is 0 Å². The van der Waals surface area contributed by atoms with E-state index in [9.17, 15) is 10.1 Å². The Balaban J connectivity index is 2.45. The molecule has 1 aromatic carbocycles. The maximum atomic E-state index is 11.0. The van der Waals surface area contributed by atoms with Crippen LogP contribution in [0.1, 0.15) is 24.1 Å². The van der Waals surface area contributed by atoms with Crippen LogP contribution < -0.4 is 5.73 Å². The SMILES string of the molecule is CC(N)c1ccc(C2=NCCO2)cc1[N+](=O)[O-]. The maximum Gasteiger partial charge on any atom is 0.274 e. The van der Waals surface area contributed by atoms with E-state index < -0.39 is 4.92 Å². The Morgan fingerprint density at radius 3 is 2.88 bits per heavy atom. The molecule has 0 spiro atoms. The van der Waals surface area contributed by atoms with E-state index in [2.05, 4.69) is 4.99 Å². The van der Waals surface area contributed by atoms with Gasteiger partial charge in [0, 0.05) is 23.2 Å². The smallest absolute Gasteiger partial charge is 0.274 e. The summed E-state index contributed by atoms with van der Waals surface area (Å²) < 4.78 is 5.27. The van der Waals surface area contributed by atoms with Crippen molar-refractivity contribution in [2.45, 2.75) is 13.0 Å². The third-order valence-electron chi connectivity index (χ3n) is 2.55. The molecular formula is C11H13N3O3. The van der Waals surface area contributed by atoms with Gasteiger partial charge in [0.2, 0.25) is 5.90 Å². The highest BCUT2D eigenvalue weighted by molar-refractivity contribution is 5.95. The quantitative estimate of drug-likeness (QED) is 0.633. The third kappa shape index (κ3) is 2.26. The highest BCUT2D eigenvalue weighted by atomic mass is 16.6. The predicted octanol–water partition coefficient (Wildman–Crippen LogP) is 1.39. The van der Waals surface area contributed by atoms with E-state index in [4.69, 9.17) is 10.5 Å². The summed E-state index contributed by atoms with van der Waals surface area (Å²) in [5.41, 5.74) is 6.83. The molecule has 0 aromatic heterocycles. The van der Waals surface area contributed by atoms with Gasteiger partial charge in [0.25, 0.3) is 5.69 Å². The normalized spacial score (nSPS) is 16.2. The van der Waals surface area contributed by atoms with E-state index in [0.29, 0.717) is 30.2 Å². The molecule has 0 saturated heterocycles. The summed E-state index contributed by atoms with van der Waals surface area (Å²) in [7, 11) is 0. The number of nitrogens with two attached hydrogens (primary N) is 1. The van der Waals surface area contributed by atoms with Gasteiger partial charge in [-0.1, -0.05) is 0 Å². The van der Waals surface area contributed by atoms with Crippen molar-refractivity contribution in [3.63, 3.8) is 0 Å². The van der Waals surface area contributed by atoms with Crippen molar-refractivity contribution >= 4 is 11.6 Å². The third-order valence-corrected chi connectivity index (χ3v) is 2.55. The van der Waals surface area contributed by atoms with Crippen LogP contribution in [0, 0.1) is 10.1 Å². The molecule has 1 heterocycles. The van der Waals surface area contributed by atoms with Crippen LogP contribution in [0.25, 0.3) is 0 Å². The van der Waals surface area contributed by atoms with Crippen LogP contribution in [0.4, 0.5) is 5.69 Å². The van der Waals surface area contributed by atoms with Crippen LogP contribution >= 0.6 is 0 Å². The van der Waals surface area contributed by atoms with Crippen molar-refractivity contribution < 1.29 is 9.66 Å². The summed E-state index contributed by atoms with van der Waals surface area (Å²) in [6, 6.07) is 4.48. The summed E-state index contributed by atoms with van der Waals surface area (Å²) in [5, 5.41) is 11.0. The fourth-order valence-corrected chi connectivity index (χ4v) is 1.73. The lowest BCUT2D eigenvalue weighted by Gasteiger charge is -2.08.